The molecule has 2 nitrogen and oxygen atoms in total. The molecule has 0 unspecified atom stereocenters. The highest BCUT2D eigenvalue weighted by Gasteiger charge is 2.22. The fraction of sp³-hybridized carbons (Fsp3) is 0. The van der Waals surface area contributed by atoms with Crippen LogP contribution in [-0.2, 0) is 0 Å². The van der Waals surface area contributed by atoms with Crippen molar-refractivity contribution in [2.24, 2.45) is 0 Å². The van der Waals surface area contributed by atoms with E-state index in [1.807, 2.05) is 0 Å². The molecule has 234 valence electrons. The molecule has 50 heavy (non-hydrogen) atoms. The van der Waals surface area contributed by atoms with Gasteiger partial charge in [-0.25, -0.2) is 0 Å². The standard InChI is InChI=1S/C48H31NO/c1-2-12-32(13-3-1)33-24-27-37(28-25-33)49(46-23-11-19-39-38-17-7-6-14-34(38)26-29-41(39)46)45-22-9-8-18-40(45)42-20-10-21-43-44-30-35-15-4-5-16-36(35)31-47(44)50-48(42)43/h1-31H. The molecule has 0 aliphatic carbocycles. The van der Waals surface area contributed by atoms with Gasteiger partial charge in [0.1, 0.15) is 11.2 Å². The van der Waals surface area contributed by atoms with Crippen LogP contribution >= 0.6 is 0 Å². The molecule has 0 radical (unpaired) electrons. The Kier molecular flexibility index (Phi) is 6.53. The summed E-state index contributed by atoms with van der Waals surface area (Å²) in [6.45, 7) is 0. The van der Waals surface area contributed by atoms with Crippen molar-refractivity contribution in [3.63, 3.8) is 0 Å². The number of hydrogen-bond acceptors (Lipinski definition) is 2. The number of fused-ring (bicyclic) bond motifs is 7. The van der Waals surface area contributed by atoms with Crippen LogP contribution in [0.2, 0.25) is 0 Å². The zero-order valence-corrected chi connectivity index (χ0v) is 27.3. The first-order valence-corrected chi connectivity index (χ1v) is 17.1. The lowest BCUT2D eigenvalue weighted by Gasteiger charge is -2.29. The molecule has 1 heterocycles. The molecule has 0 aliphatic heterocycles. The largest absolute Gasteiger partial charge is 0.455 e. The minimum absolute atomic E-state index is 0.897. The second kappa shape index (κ2) is 11.5. The van der Waals surface area contributed by atoms with Gasteiger partial charge < -0.3 is 9.32 Å². The third kappa shape index (κ3) is 4.57. The Morgan fingerprint density at radius 3 is 1.82 bits per heavy atom. The predicted molar refractivity (Wildman–Crippen MR) is 212 cm³/mol. The molecular weight excluding hydrogens is 607 g/mol. The van der Waals surface area contributed by atoms with E-state index in [0.29, 0.717) is 0 Å². The summed E-state index contributed by atoms with van der Waals surface area (Å²) in [6.07, 6.45) is 0. The topological polar surface area (TPSA) is 16.4 Å². The zero-order valence-electron chi connectivity index (χ0n) is 27.3. The van der Waals surface area contributed by atoms with Crippen molar-refractivity contribution in [2.75, 3.05) is 4.90 Å². The number of para-hydroxylation sites is 2. The molecule has 9 aromatic carbocycles. The normalized spacial score (nSPS) is 11.6. The van der Waals surface area contributed by atoms with Crippen molar-refractivity contribution in [3.8, 4) is 22.3 Å². The lowest BCUT2D eigenvalue weighted by molar-refractivity contribution is 0.670. The summed E-state index contributed by atoms with van der Waals surface area (Å²) in [4.78, 5) is 2.41. The monoisotopic (exact) mass is 637 g/mol. The van der Waals surface area contributed by atoms with Crippen LogP contribution in [0.15, 0.2) is 192 Å². The fourth-order valence-corrected chi connectivity index (χ4v) is 7.65. The van der Waals surface area contributed by atoms with Crippen molar-refractivity contribution in [3.05, 3.63) is 188 Å². The maximum absolute atomic E-state index is 6.76. The summed E-state index contributed by atoms with van der Waals surface area (Å²) < 4.78 is 6.76. The minimum atomic E-state index is 0.897. The molecule has 0 bridgehead atoms. The van der Waals surface area contributed by atoms with E-state index >= 15 is 0 Å². The molecule has 0 fully saturated rings. The summed E-state index contributed by atoms with van der Waals surface area (Å²) in [7, 11) is 0. The Labute approximate surface area is 290 Å². The number of furan rings is 1. The van der Waals surface area contributed by atoms with Crippen LogP contribution in [0.4, 0.5) is 17.1 Å². The Hall–Kier alpha value is -6.64. The van der Waals surface area contributed by atoms with Gasteiger partial charge in [-0.1, -0.05) is 152 Å². The Balaban J connectivity index is 1.22. The third-order valence-corrected chi connectivity index (χ3v) is 10.0. The maximum atomic E-state index is 6.76. The van der Waals surface area contributed by atoms with Gasteiger partial charge in [0, 0.05) is 33.0 Å². The van der Waals surface area contributed by atoms with Gasteiger partial charge >= 0.3 is 0 Å². The van der Waals surface area contributed by atoms with Crippen molar-refractivity contribution in [1.29, 1.82) is 0 Å². The van der Waals surface area contributed by atoms with E-state index < -0.39 is 0 Å². The van der Waals surface area contributed by atoms with Crippen LogP contribution in [0.5, 0.6) is 0 Å². The molecule has 0 amide bonds. The lowest BCUT2D eigenvalue weighted by atomic mass is 9.97. The van der Waals surface area contributed by atoms with Crippen LogP contribution in [0.3, 0.4) is 0 Å². The van der Waals surface area contributed by atoms with Crippen molar-refractivity contribution < 1.29 is 4.42 Å². The Morgan fingerprint density at radius 2 is 0.960 bits per heavy atom. The third-order valence-electron chi connectivity index (χ3n) is 10.0. The maximum Gasteiger partial charge on any atom is 0.143 e. The first-order valence-electron chi connectivity index (χ1n) is 17.1. The Bertz CT molecular complexity index is 2870. The van der Waals surface area contributed by atoms with Gasteiger partial charge in [0.15, 0.2) is 0 Å². The molecule has 0 spiro atoms. The SMILES string of the molecule is c1ccc(-c2ccc(N(c3ccccc3-c3cccc4c3oc3cc5ccccc5cc34)c3cccc4c3ccc3ccccc34)cc2)cc1. The average Bonchev–Trinajstić information content (AvgIpc) is 3.55. The quantitative estimate of drug-likeness (QED) is 0.175. The lowest BCUT2D eigenvalue weighted by Crippen LogP contribution is -2.11. The van der Waals surface area contributed by atoms with E-state index in [4.69, 9.17) is 4.42 Å². The molecule has 10 aromatic rings. The minimum Gasteiger partial charge on any atom is -0.455 e. The van der Waals surface area contributed by atoms with Crippen LogP contribution in [0, 0.1) is 0 Å². The number of rotatable bonds is 5. The molecule has 0 N–H and O–H groups in total. The highest BCUT2D eigenvalue weighted by molar-refractivity contribution is 6.15. The average molecular weight is 638 g/mol. The predicted octanol–water partition coefficient (Wildman–Crippen LogP) is 13.8. The summed E-state index contributed by atoms with van der Waals surface area (Å²) in [5.41, 5.74) is 9.64. The van der Waals surface area contributed by atoms with Crippen molar-refractivity contribution >= 4 is 71.3 Å². The number of hydrogen-bond donors (Lipinski definition) is 0. The highest BCUT2D eigenvalue weighted by Crippen LogP contribution is 2.47. The number of anilines is 3. The summed E-state index contributed by atoms with van der Waals surface area (Å²) in [5.74, 6) is 0. The van der Waals surface area contributed by atoms with Crippen LogP contribution < -0.4 is 4.90 Å². The molecule has 10 rings (SSSR count). The molecule has 0 aliphatic rings. The highest BCUT2D eigenvalue weighted by atomic mass is 16.3. The number of nitrogens with zero attached hydrogens (tertiary/aromatic N) is 1. The van der Waals surface area contributed by atoms with Crippen molar-refractivity contribution in [1.82, 2.24) is 0 Å². The molecule has 0 saturated heterocycles. The van der Waals surface area contributed by atoms with E-state index in [-0.39, 0.29) is 0 Å². The smallest absolute Gasteiger partial charge is 0.143 e. The zero-order chi connectivity index (χ0) is 33.0. The second-order valence-electron chi connectivity index (χ2n) is 12.9. The first-order chi connectivity index (χ1) is 24.8. The number of benzene rings is 9. The molecular formula is C48H31NO. The van der Waals surface area contributed by atoms with E-state index in [9.17, 15) is 0 Å². The molecule has 1 aromatic heterocycles. The van der Waals surface area contributed by atoms with E-state index in [0.717, 1.165) is 50.1 Å². The van der Waals surface area contributed by atoms with Gasteiger partial charge in [-0.3, -0.25) is 0 Å². The summed E-state index contributed by atoms with van der Waals surface area (Å²) in [5, 5.41) is 9.55. The van der Waals surface area contributed by atoms with Gasteiger partial charge in [0.05, 0.1) is 11.4 Å². The first kappa shape index (κ1) is 28.4. The van der Waals surface area contributed by atoms with E-state index in [1.54, 1.807) is 0 Å². The van der Waals surface area contributed by atoms with Gasteiger partial charge in [-0.2, -0.15) is 0 Å². The molecule has 0 saturated carbocycles. The van der Waals surface area contributed by atoms with Crippen molar-refractivity contribution in [2.45, 2.75) is 0 Å². The van der Waals surface area contributed by atoms with Gasteiger partial charge in [-0.15, -0.1) is 0 Å². The Morgan fingerprint density at radius 1 is 0.340 bits per heavy atom. The van der Waals surface area contributed by atoms with Gasteiger partial charge in [0.25, 0.3) is 0 Å². The summed E-state index contributed by atoms with van der Waals surface area (Å²) >= 11 is 0. The van der Waals surface area contributed by atoms with Gasteiger partial charge in [0.2, 0.25) is 0 Å². The molecule has 2 heteroatoms. The van der Waals surface area contributed by atoms with Crippen LogP contribution in [-0.4, -0.2) is 0 Å². The van der Waals surface area contributed by atoms with Gasteiger partial charge in [-0.05, 0) is 74.5 Å². The van der Waals surface area contributed by atoms with Crippen LogP contribution in [0.25, 0.3) is 76.5 Å². The molecule has 0 atom stereocenters. The van der Waals surface area contributed by atoms with E-state index in [2.05, 4.69) is 193 Å². The van der Waals surface area contributed by atoms with Crippen LogP contribution in [0.1, 0.15) is 0 Å². The second-order valence-corrected chi connectivity index (χ2v) is 12.9. The fourth-order valence-electron chi connectivity index (χ4n) is 7.65. The summed E-state index contributed by atoms with van der Waals surface area (Å²) in [6, 6.07) is 67.5. The van der Waals surface area contributed by atoms with E-state index in [1.165, 1.54) is 43.4 Å².